The van der Waals surface area contributed by atoms with Crippen LogP contribution in [0.2, 0.25) is 0 Å². The number of allylic oxidation sites excluding steroid dienone is 4. The molecule has 8 rings (SSSR count). The van der Waals surface area contributed by atoms with Gasteiger partial charge in [0.15, 0.2) is 5.78 Å². The number of aryl methyl sites for hydroxylation is 1. The van der Waals surface area contributed by atoms with Crippen LogP contribution in [-0.2, 0) is 0 Å². The van der Waals surface area contributed by atoms with Gasteiger partial charge in [-0.1, -0.05) is 32.1 Å². The molecule has 1 aliphatic heterocycles. The highest BCUT2D eigenvalue weighted by molar-refractivity contribution is 7.14. The highest BCUT2D eigenvalue weighted by atomic mass is 32.1. The lowest BCUT2D eigenvalue weighted by Gasteiger charge is -2.71. The molecule has 3 N–H and O–H groups in total. The number of ketones is 1. The first-order valence-electron chi connectivity index (χ1n) is 15.3. The standard InChI is InChI=1S/C33H45NO4S/c1-21-6-7-25(39-21)28(37)24-18-31-14-15-33(24)26(29(31,2)11-8-23(36)17-31)9-12-30(3)27(33)10-13-32(30,38)20-34-16-4-5-22(34)19-35/h6-7,14-15,18,22-23,26-27,35-36,38H,4-5,8-13,16-17,19-20H2,1-3H3/t22-,23?,26+,27+,29+,30-,31-,32+,33+/m0/s1. The Morgan fingerprint density at radius 1 is 1.05 bits per heavy atom. The summed E-state index contributed by atoms with van der Waals surface area (Å²) in [4.78, 5) is 18.8. The van der Waals surface area contributed by atoms with Gasteiger partial charge in [-0.25, -0.2) is 0 Å². The molecule has 4 fully saturated rings. The number of hydrogen-bond acceptors (Lipinski definition) is 6. The minimum Gasteiger partial charge on any atom is -0.395 e. The molecule has 212 valence electrons. The molecule has 5 nitrogen and oxygen atoms in total. The van der Waals surface area contributed by atoms with E-state index in [2.05, 4.69) is 43.9 Å². The van der Waals surface area contributed by atoms with E-state index in [1.54, 1.807) is 11.3 Å². The van der Waals surface area contributed by atoms with Gasteiger partial charge in [-0.15, -0.1) is 11.3 Å². The quantitative estimate of drug-likeness (QED) is 0.342. The highest BCUT2D eigenvalue weighted by Crippen LogP contribution is 2.78. The Balaban J connectivity index is 1.35. The minimum absolute atomic E-state index is 0.00486. The minimum atomic E-state index is -0.841. The van der Waals surface area contributed by atoms with Gasteiger partial charge in [-0.05, 0) is 101 Å². The molecule has 2 bridgehead atoms. The summed E-state index contributed by atoms with van der Waals surface area (Å²) in [6.45, 7) is 8.51. The van der Waals surface area contributed by atoms with Crippen molar-refractivity contribution in [3.8, 4) is 0 Å². The third-order valence-electron chi connectivity index (χ3n) is 13.1. The zero-order chi connectivity index (χ0) is 27.4. The number of hydrogen-bond donors (Lipinski definition) is 3. The number of fused-ring (bicyclic) bond motifs is 1. The van der Waals surface area contributed by atoms with Crippen LogP contribution in [-0.4, -0.2) is 63.4 Å². The number of rotatable bonds is 5. The van der Waals surface area contributed by atoms with Crippen molar-refractivity contribution in [2.24, 2.45) is 33.5 Å². The second kappa shape index (κ2) is 8.61. The van der Waals surface area contributed by atoms with Crippen molar-refractivity contribution in [2.45, 2.75) is 96.3 Å². The van der Waals surface area contributed by atoms with Crippen LogP contribution in [0.3, 0.4) is 0 Å². The average molecular weight is 552 g/mol. The predicted molar refractivity (Wildman–Crippen MR) is 154 cm³/mol. The van der Waals surface area contributed by atoms with Gasteiger partial charge in [0.05, 0.1) is 23.2 Å². The summed E-state index contributed by atoms with van der Waals surface area (Å²) in [6.07, 6.45) is 14.9. The second-order valence-corrected chi connectivity index (χ2v) is 15.8. The number of carbonyl (C=O) groups excluding carboxylic acids is 1. The van der Waals surface area contributed by atoms with E-state index in [1.165, 1.54) is 0 Å². The zero-order valence-electron chi connectivity index (χ0n) is 23.8. The van der Waals surface area contributed by atoms with Gasteiger partial charge in [0.2, 0.25) is 0 Å². The van der Waals surface area contributed by atoms with Crippen molar-refractivity contribution in [3.05, 3.63) is 45.7 Å². The summed E-state index contributed by atoms with van der Waals surface area (Å²) in [5.74, 6) is 0.659. The van der Waals surface area contributed by atoms with Gasteiger partial charge in [-0.3, -0.25) is 9.69 Å². The topological polar surface area (TPSA) is 81.0 Å². The summed E-state index contributed by atoms with van der Waals surface area (Å²) in [7, 11) is 0. The van der Waals surface area contributed by atoms with E-state index < -0.39 is 11.0 Å². The van der Waals surface area contributed by atoms with Crippen molar-refractivity contribution in [1.82, 2.24) is 4.90 Å². The molecule has 1 saturated heterocycles. The highest BCUT2D eigenvalue weighted by Gasteiger charge is 2.74. The monoisotopic (exact) mass is 551 g/mol. The van der Waals surface area contributed by atoms with Crippen molar-refractivity contribution < 1.29 is 20.1 Å². The van der Waals surface area contributed by atoms with Gasteiger partial charge in [-0.2, -0.15) is 0 Å². The Kier molecular flexibility index (Phi) is 5.87. The van der Waals surface area contributed by atoms with Gasteiger partial charge in [0.25, 0.3) is 0 Å². The number of aliphatic hydroxyl groups excluding tert-OH is 2. The van der Waals surface area contributed by atoms with Crippen LogP contribution in [0.15, 0.2) is 35.9 Å². The molecule has 6 aliphatic carbocycles. The average Bonchev–Trinajstić information content (AvgIpc) is 3.61. The molecular weight excluding hydrogens is 506 g/mol. The molecule has 0 radical (unpaired) electrons. The zero-order valence-corrected chi connectivity index (χ0v) is 24.6. The molecule has 2 spiro atoms. The van der Waals surface area contributed by atoms with E-state index in [4.69, 9.17) is 0 Å². The first-order chi connectivity index (χ1) is 18.5. The molecular formula is C33H45NO4S. The molecule has 7 aliphatic rings. The summed E-state index contributed by atoms with van der Waals surface area (Å²) < 4.78 is 0. The fourth-order valence-corrected chi connectivity index (χ4v) is 11.8. The molecule has 6 heteroatoms. The van der Waals surface area contributed by atoms with Crippen molar-refractivity contribution in [3.63, 3.8) is 0 Å². The van der Waals surface area contributed by atoms with Gasteiger partial charge < -0.3 is 15.3 Å². The fraction of sp³-hybridized carbons (Fsp3) is 0.727. The summed E-state index contributed by atoms with van der Waals surface area (Å²) in [5, 5.41) is 33.4. The Labute approximate surface area is 237 Å². The lowest BCUT2D eigenvalue weighted by Crippen LogP contribution is -2.67. The lowest BCUT2D eigenvalue weighted by atomic mass is 9.32. The summed E-state index contributed by atoms with van der Waals surface area (Å²) >= 11 is 1.58. The molecule has 1 aromatic heterocycles. The first-order valence-corrected chi connectivity index (χ1v) is 16.1. The number of likely N-dealkylation sites (tertiary alicyclic amines) is 1. The molecule has 3 saturated carbocycles. The third kappa shape index (κ3) is 3.30. The largest absolute Gasteiger partial charge is 0.395 e. The van der Waals surface area contributed by atoms with Crippen molar-refractivity contribution in [1.29, 1.82) is 0 Å². The Morgan fingerprint density at radius 3 is 2.54 bits per heavy atom. The smallest absolute Gasteiger partial charge is 0.199 e. The van der Waals surface area contributed by atoms with Crippen LogP contribution >= 0.6 is 11.3 Å². The number of carbonyl (C=O) groups is 1. The maximum atomic E-state index is 14.5. The van der Waals surface area contributed by atoms with E-state index >= 15 is 0 Å². The number of nitrogens with zero attached hydrogens (tertiary/aromatic N) is 1. The molecule has 39 heavy (non-hydrogen) atoms. The van der Waals surface area contributed by atoms with Gasteiger partial charge in [0.1, 0.15) is 0 Å². The van der Waals surface area contributed by atoms with Gasteiger partial charge >= 0.3 is 0 Å². The van der Waals surface area contributed by atoms with Gasteiger partial charge in [0, 0.05) is 39.3 Å². The maximum Gasteiger partial charge on any atom is 0.199 e. The van der Waals surface area contributed by atoms with E-state index in [1.807, 2.05) is 12.1 Å². The molecule has 2 heterocycles. The number of β-amino-alcohol motifs (C(OH)–C–C–N with tert-alkyl or cyclic N) is 1. The molecule has 1 aromatic rings. The molecule has 0 amide bonds. The number of Topliss-reactive ketones (excluding diaryl/α,β-unsaturated/α-hetero) is 1. The van der Waals surface area contributed by atoms with Crippen LogP contribution in [0.1, 0.15) is 86.2 Å². The summed E-state index contributed by atoms with van der Waals surface area (Å²) in [5.41, 5.74) is -0.907. The normalized spacial score (nSPS) is 48.5. The van der Waals surface area contributed by atoms with Crippen LogP contribution in [0.5, 0.6) is 0 Å². The predicted octanol–water partition coefficient (Wildman–Crippen LogP) is 5.29. The first kappa shape index (κ1) is 26.6. The van der Waals surface area contributed by atoms with Crippen LogP contribution in [0, 0.1) is 40.4 Å². The van der Waals surface area contributed by atoms with E-state index in [0.29, 0.717) is 18.9 Å². The third-order valence-corrected chi connectivity index (χ3v) is 14.1. The molecule has 0 aromatic carbocycles. The Bertz CT molecular complexity index is 1250. The Hall–Kier alpha value is -1.31. The second-order valence-electron chi connectivity index (χ2n) is 14.5. The Morgan fingerprint density at radius 2 is 1.79 bits per heavy atom. The van der Waals surface area contributed by atoms with E-state index in [0.717, 1.165) is 73.2 Å². The van der Waals surface area contributed by atoms with Crippen LogP contribution in [0.4, 0.5) is 0 Å². The fourth-order valence-electron chi connectivity index (χ4n) is 10.9. The maximum absolute atomic E-state index is 14.5. The number of thiophene rings is 1. The summed E-state index contributed by atoms with van der Waals surface area (Å²) in [6, 6.07) is 4.18. The molecule has 1 unspecified atom stereocenters. The van der Waals surface area contributed by atoms with E-state index in [-0.39, 0.29) is 46.7 Å². The number of aliphatic hydroxyl groups is 3. The SMILES string of the molecule is Cc1ccc(C(=O)C2=C[C@@]34C=C[C@@]25[C@@H]2CC[C@@](O)(CN6CCC[C@H]6CO)[C@@]2(C)CC[C@@H]5[C@@]3(C)CCC(O)C4)s1. The van der Waals surface area contributed by atoms with E-state index in [9.17, 15) is 20.1 Å². The molecule has 9 atom stereocenters. The van der Waals surface area contributed by atoms with Crippen molar-refractivity contribution in [2.75, 3.05) is 19.7 Å². The lowest BCUT2D eigenvalue weighted by molar-refractivity contribution is -0.177. The van der Waals surface area contributed by atoms with Crippen molar-refractivity contribution >= 4 is 17.1 Å². The van der Waals surface area contributed by atoms with Crippen LogP contribution < -0.4 is 0 Å². The van der Waals surface area contributed by atoms with Crippen LogP contribution in [0.25, 0.3) is 0 Å².